The standard InChI is InChI=1S/C30H40N4O3/c1-19(2)26-17-33(11-12-34(26)27(35)14-21-9-8-10-22(13-21)36-7)29-24(16-31)23-15-30(5,6)37-18-25(23)28(32-29)20(3)4/h8-10,13,19-20,26H,11-12,14-15,17-18H2,1-7H3/t26-/m0/s1. The minimum absolute atomic E-state index is 0.0264. The van der Waals surface area contributed by atoms with Crippen LogP contribution in [0.1, 0.15) is 75.4 Å². The number of benzene rings is 1. The van der Waals surface area contributed by atoms with E-state index in [9.17, 15) is 10.1 Å². The van der Waals surface area contributed by atoms with Crippen molar-refractivity contribution in [1.29, 1.82) is 5.26 Å². The molecule has 1 aromatic heterocycles. The first-order valence-electron chi connectivity index (χ1n) is 13.3. The van der Waals surface area contributed by atoms with Gasteiger partial charge in [0.25, 0.3) is 0 Å². The third-order valence-electron chi connectivity index (χ3n) is 7.59. The molecule has 2 aromatic rings. The van der Waals surface area contributed by atoms with Crippen LogP contribution in [0.5, 0.6) is 5.75 Å². The van der Waals surface area contributed by atoms with Crippen molar-refractivity contribution in [3.63, 3.8) is 0 Å². The number of nitriles is 1. The van der Waals surface area contributed by atoms with Crippen LogP contribution in [0.15, 0.2) is 24.3 Å². The largest absolute Gasteiger partial charge is 0.497 e. The van der Waals surface area contributed by atoms with Crippen LogP contribution in [0.4, 0.5) is 5.82 Å². The van der Waals surface area contributed by atoms with Crippen molar-refractivity contribution in [2.24, 2.45) is 5.92 Å². The number of hydrogen-bond donors (Lipinski definition) is 0. The van der Waals surface area contributed by atoms with Crippen LogP contribution in [0, 0.1) is 17.2 Å². The fourth-order valence-corrected chi connectivity index (χ4v) is 5.54. The molecular weight excluding hydrogens is 464 g/mol. The van der Waals surface area contributed by atoms with E-state index in [-0.39, 0.29) is 29.4 Å². The normalized spacial score (nSPS) is 19.1. The lowest BCUT2D eigenvalue weighted by molar-refractivity contribution is -0.134. The Hall–Kier alpha value is -3.11. The molecule has 0 spiro atoms. The number of nitrogens with zero attached hydrogens (tertiary/aromatic N) is 4. The van der Waals surface area contributed by atoms with E-state index in [0.29, 0.717) is 44.6 Å². The zero-order valence-electron chi connectivity index (χ0n) is 23.3. The highest BCUT2D eigenvalue weighted by molar-refractivity contribution is 5.79. The van der Waals surface area contributed by atoms with E-state index in [4.69, 9.17) is 14.5 Å². The first kappa shape index (κ1) is 26.9. The summed E-state index contributed by atoms with van der Waals surface area (Å²) in [7, 11) is 1.64. The van der Waals surface area contributed by atoms with Crippen molar-refractivity contribution in [3.8, 4) is 11.8 Å². The Morgan fingerprint density at radius 1 is 1.24 bits per heavy atom. The molecule has 7 heteroatoms. The van der Waals surface area contributed by atoms with E-state index in [0.717, 1.165) is 34.0 Å². The zero-order chi connectivity index (χ0) is 26.9. The summed E-state index contributed by atoms with van der Waals surface area (Å²) in [6.07, 6.45) is 1.03. The van der Waals surface area contributed by atoms with E-state index in [2.05, 4.69) is 52.5 Å². The number of fused-ring (bicyclic) bond motifs is 1. The molecule has 2 aliphatic heterocycles. The van der Waals surface area contributed by atoms with E-state index < -0.39 is 0 Å². The van der Waals surface area contributed by atoms with Crippen molar-refractivity contribution >= 4 is 11.7 Å². The molecule has 37 heavy (non-hydrogen) atoms. The third-order valence-corrected chi connectivity index (χ3v) is 7.59. The Morgan fingerprint density at radius 2 is 2.00 bits per heavy atom. The van der Waals surface area contributed by atoms with Crippen LogP contribution in [-0.2, 0) is 29.0 Å². The molecule has 198 valence electrons. The first-order chi connectivity index (χ1) is 17.5. The van der Waals surface area contributed by atoms with Gasteiger partial charge in [-0.25, -0.2) is 4.98 Å². The number of carbonyl (C=O) groups is 1. The smallest absolute Gasteiger partial charge is 0.227 e. The number of pyridine rings is 1. The van der Waals surface area contributed by atoms with Crippen LogP contribution in [0.3, 0.4) is 0 Å². The summed E-state index contributed by atoms with van der Waals surface area (Å²) in [5.41, 5.74) is 4.44. The minimum atomic E-state index is -0.322. The molecule has 0 radical (unpaired) electrons. The van der Waals surface area contributed by atoms with Crippen molar-refractivity contribution in [2.75, 3.05) is 31.6 Å². The second-order valence-corrected chi connectivity index (χ2v) is 11.5. The van der Waals surface area contributed by atoms with Crippen LogP contribution in [0.2, 0.25) is 0 Å². The Morgan fingerprint density at radius 3 is 2.65 bits per heavy atom. The number of rotatable bonds is 6. The lowest BCUT2D eigenvalue weighted by Crippen LogP contribution is -2.58. The second-order valence-electron chi connectivity index (χ2n) is 11.5. The van der Waals surface area contributed by atoms with Gasteiger partial charge in [-0.2, -0.15) is 5.26 Å². The Kier molecular flexibility index (Phi) is 7.80. The van der Waals surface area contributed by atoms with Gasteiger partial charge in [0.05, 0.1) is 43.0 Å². The van der Waals surface area contributed by atoms with Crippen LogP contribution >= 0.6 is 0 Å². The van der Waals surface area contributed by atoms with Gasteiger partial charge in [0.15, 0.2) is 0 Å². The summed E-state index contributed by atoms with van der Waals surface area (Å²) < 4.78 is 11.4. The number of ether oxygens (including phenoxy) is 2. The molecule has 3 heterocycles. The summed E-state index contributed by atoms with van der Waals surface area (Å²) in [4.78, 5) is 22.8. The molecular formula is C30H40N4O3. The maximum Gasteiger partial charge on any atom is 0.227 e. The summed E-state index contributed by atoms with van der Waals surface area (Å²) >= 11 is 0. The number of anilines is 1. The van der Waals surface area contributed by atoms with E-state index in [1.807, 2.05) is 29.2 Å². The average molecular weight is 505 g/mol. The fraction of sp³-hybridized carbons (Fsp3) is 0.567. The molecule has 1 saturated heterocycles. The number of hydrogen-bond acceptors (Lipinski definition) is 6. The molecule has 0 aliphatic carbocycles. The van der Waals surface area contributed by atoms with E-state index >= 15 is 0 Å². The van der Waals surface area contributed by atoms with Crippen molar-refractivity contribution in [3.05, 3.63) is 52.2 Å². The highest BCUT2D eigenvalue weighted by atomic mass is 16.5. The monoisotopic (exact) mass is 504 g/mol. The molecule has 0 saturated carbocycles. The summed E-state index contributed by atoms with van der Waals surface area (Å²) in [5, 5.41) is 10.3. The van der Waals surface area contributed by atoms with Crippen LogP contribution in [0.25, 0.3) is 0 Å². The Bertz CT molecular complexity index is 1200. The molecule has 4 rings (SSSR count). The van der Waals surface area contributed by atoms with Crippen molar-refractivity contribution in [1.82, 2.24) is 9.88 Å². The van der Waals surface area contributed by atoms with Gasteiger partial charge in [-0.05, 0) is 48.9 Å². The van der Waals surface area contributed by atoms with Gasteiger partial charge in [-0.15, -0.1) is 0 Å². The molecule has 1 aromatic carbocycles. The van der Waals surface area contributed by atoms with Crippen LogP contribution in [-0.4, -0.2) is 54.2 Å². The van der Waals surface area contributed by atoms with E-state index in [1.165, 1.54) is 0 Å². The quantitative estimate of drug-likeness (QED) is 0.560. The number of piperazine rings is 1. The highest BCUT2D eigenvalue weighted by Gasteiger charge is 2.37. The molecule has 0 bridgehead atoms. The van der Waals surface area contributed by atoms with E-state index in [1.54, 1.807) is 7.11 Å². The third kappa shape index (κ3) is 5.60. The van der Waals surface area contributed by atoms with Crippen LogP contribution < -0.4 is 9.64 Å². The van der Waals surface area contributed by atoms with Crippen molar-refractivity contribution in [2.45, 2.75) is 78.6 Å². The maximum absolute atomic E-state index is 13.4. The number of methoxy groups -OCH3 is 1. The lowest BCUT2D eigenvalue weighted by atomic mass is 9.86. The maximum atomic E-state index is 13.4. The summed E-state index contributed by atoms with van der Waals surface area (Å²) in [5.74, 6) is 2.11. The molecule has 2 aliphatic rings. The number of aromatic nitrogens is 1. The van der Waals surface area contributed by atoms with Gasteiger partial charge >= 0.3 is 0 Å². The molecule has 0 N–H and O–H groups in total. The zero-order valence-corrected chi connectivity index (χ0v) is 23.3. The Labute approximate surface area is 221 Å². The fourth-order valence-electron chi connectivity index (χ4n) is 5.54. The highest BCUT2D eigenvalue weighted by Crippen LogP contribution is 2.38. The molecule has 1 fully saturated rings. The molecule has 1 amide bonds. The summed E-state index contributed by atoms with van der Waals surface area (Å²) in [6, 6.07) is 10.2. The molecule has 1 atom stereocenters. The average Bonchev–Trinajstić information content (AvgIpc) is 2.86. The summed E-state index contributed by atoms with van der Waals surface area (Å²) in [6.45, 7) is 15.1. The predicted molar refractivity (Wildman–Crippen MR) is 145 cm³/mol. The van der Waals surface area contributed by atoms with Gasteiger partial charge in [0, 0.05) is 31.6 Å². The van der Waals surface area contributed by atoms with Gasteiger partial charge in [0.2, 0.25) is 5.91 Å². The predicted octanol–water partition coefficient (Wildman–Crippen LogP) is 4.85. The van der Waals surface area contributed by atoms with Gasteiger partial charge in [-0.1, -0.05) is 39.8 Å². The minimum Gasteiger partial charge on any atom is -0.497 e. The van der Waals surface area contributed by atoms with Gasteiger partial charge in [-0.3, -0.25) is 4.79 Å². The topological polar surface area (TPSA) is 78.7 Å². The second kappa shape index (κ2) is 10.7. The number of amides is 1. The van der Waals surface area contributed by atoms with Gasteiger partial charge in [0.1, 0.15) is 17.6 Å². The number of carbonyl (C=O) groups excluding carboxylic acids is 1. The first-order valence-corrected chi connectivity index (χ1v) is 13.3. The SMILES string of the molecule is COc1cccc(CC(=O)N2CCN(c3nc(C(C)C)c4c(c3C#N)CC(C)(C)OC4)C[C@H]2C(C)C)c1. The van der Waals surface area contributed by atoms with Crippen molar-refractivity contribution < 1.29 is 14.3 Å². The molecule has 0 unspecified atom stereocenters. The van der Waals surface area contributed by atoms with Gasteiger partial charge < -0.3 is 19.3 Å². The molecule has 7 nitrogen and oxygen atoms in total. The Balaban J connectivity index is 1.64. The lowest BCUT2D eigenvalue weighted by Gasteiger charge is -2.45.